The Balaban J connectivity index is 1.79. The van der Waals surface area contributed by atoms with Gasteiger partial charge >= 0.3 is 0 Å². The van der Waals surface area contributed by atoms with Gasteiger partial charge in [-0.1, -0.05) is 6.92 Å². The van der Waals surface area contributed by atoms with Gasteiger partial charge in [0.15, 0.2) is 0 Å². The maximum Gasteiger partial charge on any atom is 0.0950 e. The van der Waals surface area contributed by atoms with E-state index < -0.39 is 0 Å². The minimum absolute atomic E-state index is 0.230. The van der Waals surface area contributed by atoms with Crippen LogP contribution in [0.3, 0.4) is 0 Å². The van der Waals surface area contributed by atoms with E-state index in [-0.39, 0.29) is 6.61 Å². The zero-order chi connectivity index (χ0) is 10.7. The van der Waals surface area contributed by atoms with Crippen LogP contribution in [-0.2, 0) is 13.1 Å². The first-order valence-electron chi connectivity index (χ1n) is 5.63. The molecule has 1 unspecified atom stereocenters. The Morgan fingerprint density at radius 1 is 1.67 bits per heavy atom. The SMILES string of the molecule is CC(CO)Cn1cnc(CNC2CC2)c1. The highest BCUT2D eigenvalue weighted by Crippen LogP contribution is 2.18. The van der Waals surface area contributed by atoms with Gasteiger partial charge in [-0.2, -0.15) is 0 Å². The van der Waals surface area contributed by atoms with E-state index in [4.69, 9.17) is 5.11 Å². The molecule has 0 amide bonds. The maximum atomic E-state index is 8.94. The van der Waals surface area contributed by atoms with Gasteiger partial charge in [-0.15, -0.1) is 0 Å². The monoisotopic (exact) mass is 209 g/mol. The summed E-state index contributed by atoms with van der Waals surface area (Å²) in [7, 11) is 0. The van der Waals surface area contributed by atoms with Crippen molar-refractivity contribution in [1.82, 2.24) is 14.9 Å². The Morgan fingerprint density at radius 3 is 3.13 bits per heavy atom. The number of aliphatic hydroxyl groups excluding tert-OH is 1. The molecule has 1 aromatic rings. The van der Waals surface area contributed by atoms with Crippen molar-refractivity contribution < 1.29 is 5.11 Å². The molecule has 1 aromatic heterocycles. The highest BCUT2D eigenvalue weighted by molar-refractivity contribution is 4.98. The van der Waals surface area contributed by atoms with E-state index in [0.29, 0.717) is 5.92 Å². The molecule has 2 N–H and O–H groups in total. The number of hydrogen-bond acceptors (Lipinski definition) is 3. The number of imidazole rings is 1. The van der Waals surface area contributed by atoms with Crippen molar-refractivity contribution in [3.05, 3.63) is 18.2 Å². The van der Waals surface area contributed by atoms with Crippen molar-refractivity contribution >= 4 is 0 Å². The molecule has 15 heavy (non-hydrogen) atoms. The van der Waals surface area contributed by atoms with Crippen LogP contribution in [0.25, 0.3) is 0 Å². The summed E-state index contributed by atoms with van der Waals surface area (Å²) >= 11 is 0. The Labute approximate surface area is 90.3 Å². The first kappa shape index (κ1) is 10.6. The third-order valence-corrected chi connectivity index (χ3v) is 2.67. The molecule has 1 aliphatic carbocycles. The maximum absolute atomic E-state index is 8.94. The third kappa shape index (κ3) is 3.32. The van der Waals surface area contributed by atoms with E-state index in [1.54, 1.807) is 0 Å². The Hall–Kier alpha value is -0.870. The molecule has 1 atom stereocenters. The molecule has 1 aliphatic rings. The summed E-state index contributed by atoms with van der Waals surface area (Å²) in [6.45, 7) is 3.97. The molecule has 4 heteroatoms. The molecule has 0 spiro atoms. The smallest absolute Gasteiger partial charge is 0.0950 e. The molecule has 1 heterocycles. The Bertz CT molecular complexity index is 307. The van der Waals surface area contributed by atoms with Gasteiger partial charge in [0.25, 0.3) is 0 Å². The van der Waals surface area contributed by atoms with Crippen LogP contribution in [-0.4, -0.2) is 27.3 Å². The van der Waals surface area contributed by atoms with Crippen molar-refractivity contribution in [2.45, 2.75) is 38.9 Å². The van der Waals surface area contributed by atoms with Crippen LogP contribution in [0.15, 0.2) is 12.5 Å². The average molecular weight is 209 g/mol. The number of aromatic nitrogens is 2. The zero-order valence-electron chi connectivity index (χ0n) is 9.19. The summed E-state index contributed by atoms with van der Waals surface area (Å²) in [5.74, 6) is 0.295. The molecule has 0 saturated heterocycles. The van der Waals surface area contributed by atoms with Crippen LogP contribution in [0.2, 0.25) is 0 Å². The molecular formula is C11H19N3O. The second kappa shape index (κ2) is 4.77. The molecular weight excluding hydrogens is 190 g/mol. The fraction of sp³-hybridized carbons (Fsp3) is 0.727. The summed E-state index contributed by atoms with van der Waals surface area (Å²) in [6, 6.07) is 0.728. The van der Waals surface area contributed by atoms with E-state index >= 15 is 0 Å². The quantitative estimate of drug-likeness (QED) is 0.727. The van der Waals surface area contributed by atoms with Crippen molar-refractivity contribution in [2.24, 2.45) is 5.92 Å². The fourth-order valence-electron chi connectivity index (χ4n) is 1.55. The molecule has 1 fully saturated rings. The van der Waals surface area contributed by atoms with Crippen molar-refractivity contribution in [1.29, 1.82) is 0 Å². The van der Waals surface area contributed by atoms with Gasteiger partial charge in [0.1, 0.15) is 0 Å². The lowest BCUT2D eigenvalue weighted by molar-refractivity contribution is 0.223. The highest BCUT2D eigenvalue weighted by Gasteiger charge is 2.20. The largest absolute Gasteiger partial charge is 0.396 e. The second-order valence-corrected chi connectivity index (χ2v) is 4.50. The van der Waals surface area contributed by atoms with Gasteiger partial charge < -0.3 is 15.0 Å². The number of nitrogens with one attached hydrogen (secondary N) is 1. The van der Waals surface area contributed by atoms with Crippen LogP contribution >= 0.6 is 0 Å². The molecule has 0 radical (unpaired) electrons. The fourth-order valence-corrected chi connectivity index (χ4v) is 1.55. The molecule has 0 aromatic carbocycles. The summed E-state index contributed by atoms with van der Waals surface area (Å²) in [6.07, 6.45) is 6.52. The van der Waals surface area contributed by atoms with Gasteiger partial charge in [0.05, 0.1) is 12.0 Å². The van der Waals surface area contributed by atoms with E-state index in [2.05, 4.69) is 16.5 Å². The van der Waals surface area contributed by atoms with Gasteiger partial charge in [-0.25, -0.2) is 4.98 Å². The lowest BCUT2D eigenvalue weighted by Gasteiger charge is -2.07. The Kier molecular flexibility index (Phi) is 3.38. The number of hydrogen-bond donors (Lipinski definition) is 2. The van der Waals surface area contributed by atoms with Crippen LogP contribution in [0.1, 0.15) is 25.5 Å². The van der Waals surface area contributed by atoms with Crippen molar-refractivity contribution in [2.75, 3.05) is 6.61 Å². The summed E-state index contributed by atoms with van der Waals surface area (Å²) in [5.41, 5.74) is 1.09. The standard InChI is InChI=1S/C11H19N3O/c1-9(7-15)5-14-6-11(13-8-14)4-12-10-2-3-10/h6,8-10,12,15H,2-5,7H2,1H3. The van der Waals surface area contributed by atoms with E-state index in [1.807, 2.05) is 17.8 Å². The highest BCUT2D eigenvalue weighted by atomic mass is 16.3. The summed E-state index contributed by atoms with van der Waals surface area (Å²) in [4.78, 5) is 4.32. The van der Waals surface area contributed by atoms with Crippen molar-refractivity contribution in [3.63, 3.8) is 0 Å². The molecule has 2 rings (SSSR count). The number of nitrogens with zero attached hydrogens (tertiary/aromatic N) is 2. The average Bonchev–Trinajstić information content (AvgIpc) is 2.97. The second-order valence-electron chi connectivity index (χ2n) is 4.50. The van der Waals surface area contributed by atoms with Gasteiger partial charge in [-0.05, 0) is 18.8 Å². The first-order valence-corrected chi connectivity index (χ1v) is 5.63. The molecule has 0 bridgehead atoms. The van der Waals surface area contributed by atoms with E-state index in [0.717, 1.165) is 24.8 Å². The lowest BCUT2D eigenvalue weighted by Crippen LogP contribution is -2.15. The van der Waals surface area contributed by atoms with Crippen LogP contribution in [0, 0.1) is 5.92 Å². The third-order valence-electron chi connectivity index (χ3n) is 2.67. The minimum atomic E-state index is 0.230. The molecule has 0 aliphatic heterocycles. The molecule has 4 nitrogen and oxygen atoms in total. The van der Waals surface area contributed by atoms with E-state index in [9.17, 15) is 0 Å². The number of aliphatic hydroxyl groups is 1. The number of rotatable bonds is 6. The summed E-state index contributed by atoms with van der Waals surface area (Å²) < 4.78 is 2.05. The topological polar surface area (TPSA) is 50.1 Å². The van der Waals surface area contributed by atoms with Gasteiger partial charge in [-0.3, -0.25) is 0 Å². The van der Waals surface area contributed by atoms with Crippen LogP contribution in [0.4, 0.5) is 0 Å². The predicted molar refractivity (Wildman–Crippen MR) is 58.3 cm³/mol. The zero-order valence-corrected chi connectivity index (χ0v) is 9.19. The normalized spacial score (nSPS) is 18.0. The van der Waals surface area contributed by atoms with Crippen LogP contribution in [0.5, 0.6) is 0 Å². The van der Waals surface area contributed by atoms with Gasteiger partial charge in [0, 0.05) is 31.9 Å². The van der Waals surface area contributed by atoms with E-state index in [1.165, 1.54) is 12.8 Å². The predicted octanol–water partition coefficient (Wildman–Crippen LogP) is 0.763. The lowest BCUT2D eigenvalue weighted by atomic mass is 10.2. The Morgan fingerprint density at radius 2 is 2.47 bits per heavy atom. The first-order chi connectivity index (χ1) is 7.28. The van der Waals surface area contributed by atoms with Crippen LogP contribution < -0.4 is 5.32 Å². The molecule has 1 saturated carbocycles. The van der Waals surface area contributed by atoms with Crippen molar-refractivity contribution in [3.8, 4) is 0 Å². The molecule has 84 valence electrons. The minimum Gasteiger partial charge on any atom is -0.396 e. The van der Waals surface area contributed by atoms with Gasteiger partial charge in [0.2, 0.25) is 0 Å². The summed E-state index contributed by atoms with van der Waals surface area (Å²) in [5, 5.41) is 12.4.